The average Bonchev–Trinajstić information content (AvgIpc) is 2.32. The van der Waals surface area contributed by atoms with Crippen molar-refractivity contribution >= 4 is 5.97 Å². The van der Waals surface area contributed by atoms with Crippen LogP contribution in [-0.4, -0.2) is 29.1 Å². The van der Waals surface area contributed by atoms with Crippen LogP contribution in [0.15, 0.2) is 49.6 Å². The van der Waals surface area contributed by atoms with Gasteiger partial charge in [0.15, 0.2) is 0 Å². The van der Waals surface area contributed by atoms with Crippen LogP contribution in [0.4, 0.5) is 4.39 Å². The Balaban J connectivity index is 3.15. The van der Waals surface area contributed by atoms with E-state index in [0.29, 0.717) is 13.1 Å². The van der Waals surface area contributed by atoms with Crippen molar-refractivity contribution in [2.75, 3.05) is 13.1 Å². The highest BCUT2D eigenvalue weighted by Crippen LogP contribution is 2.23. The fraction of sp³-hybridized carbons (Fsp3) is 0.214. The maximum absolute atomic E-state index is 13.7. The molecule has 1 unspecified atom stereocenters. The summed E-state index contributed by atoms with van der Waals surface area (Å²) >= 11 is 0. The quantitative estimate of drug-likeness (QED) is 0.755. The lowest BCUT2D eigenvalue weighted by Gasteiger charge is -2.27. The minimum atomic E-state index is -1.09. The van der Waals surface area contributed by atoms with Gasteiger partial charge in [0, 0.05) is 18.7 Å². The van der Waals surface area contributed by atoms with Crippen molar-refractivity contribution in [3.8, 4) is 0 Å². The van der Waals surface area contributed by atoms with Gasteiger partial charge in [-0.25, -0.2) is 4.39 Å². The maximum Gasteiger partial charge on any atom is 0.325 e. The van der Waals surface area contributed by atoms with E-state index in [1.807, 2.05) is 0 Å². The van der Waals surface area contributed by atoms with Crippen LogP contribution >= 0.6 is 0 Å². The van der Waals surface area contributed by atoms with E-state index in [4.69, 9.17) is 0 Å². The first-order chi connectivity index (χ1) is 8.61. The number of aliphatic carboxylic acids is 1. The van der Waals surface area contributed by atoms with E-state index in [0.717, 1.165) is 0 Å². The number of carboxylic acids is 1. The number of carboxylic acid groups (broad SMARTS) is 1. The van der Waals surface area contributed by atoms with Gasteiger partial charge < -0.3 is 5.11 Å². The van der Waals surface area contributed by atoms with Crippen LogP contribution in [0.3, 0.4) is 0 Å². The third-order valence-corrected chi connectivity index (χ3v) is 2.53. The lowest BCUT2D eigenvalue weighted by molar-refractivity contribution is -0.143. The monoisotopic (exact) mass is 249 g/mol. The molecular formula is C14H16FNO2. The summed E-state index contributed by atoms with van der Waals surface area (Å²) < 4.78 is 13.7. The molecular weight excluding hydrogens is 233 g/mol. The van der Waals surface area contributed by atoms with Gasteiger partial charge in [-0.05, 0) is 6.07 Å². The second-order valence-electron chi connectivity index (χ2n) is 3.79. The van der Waals surface area contributed by atoms with E-state index in [2.05, 4.69) is 13.2 Å². The smallest absolute Gasteiger partial charge is 0.325 e. The Bertz CT molecular complexity index is 435. The maximum atomic E-state index is 13.7. The molecule has 1 N–H and O–H groups in total. The third kappa shape index (κ3) is 3.28. The Labute approximate surface area is 106 Å². The van der Waals surface area contributed by atoms with Crippen LogP contribution in [-0.2, 0) is 4.79 Å². The molecule has 0 saturated heterocycles. The van der Waals surface area contributed by atoms with Crippen LogP contribution in [0.2, 0.25) is 0 Å². The number of nitrogens with zero attached hydrogens (tertiary/aromatic N) is 1. The van der Waals surface area contributed by atoms with Gasteiger partial charge in [-0.15, -0.1) is 13.2 Å². The fourth-order valence-corrected chi connectivity index (χ4v) is 1.80. The molecule has 0 radical (unpaired) electrons. The zero-order valence-electron chi connectivity index (χ0n) is 10.1. The van der Waals surface area contributed by atoms with Gasteiger partial charge in [0.2, 0.25) is 0 Å². The number of halogens is 1. The van der Waals surface area contributed by atoms with Gasteiger partial charge in [0.1, 0.15) is 11.9 Å². The molecule has 0 heterocycles. The highest BCUT2D eigenvalue weighted by molar-refractivity contribution is 5.75. The van der Waals surface area contributed by atoms with Gasteiger partial charge >= 0.3 is 5.97 Å². The highest BCUT2D eigenvalue weighted by atomic mass is 19.1. The average molecular weight is 249 g/mol. The Morgan fingerprint density at radius 2 is 1.89 bits per heavy atom. The van der Waals surface area contributed by atoms with Crippen LogP contribution in [0.1, 0.15) is 11.6 Å². The Kier molecular flexibility index (Phi) is 5.27. The van der Waals surface area contributed by atoms with Gasteiger partial charge in [-0.1, -0.05) is 30.4 Å². The number of hydrogen-bond donors (Lipinski definition) is 1. The summed E-state index contributed by atoms with van der Waals surface area (Å²) in [4.78, 5) is 13.0. The lowest BCUT2D eigenvalue weighted by Crippen LogP contribution is -2.35. The summed E-state index contributed by atoms with van der Waals surface area (Å²) in [5.41, 5.74) is 0.147. The molecule has 0 aliphatic heterocycles. The van der Waals surface area contributed by atoms with E-state index >= 15 is 0 Å². The zero-order valence-corrected chi connectivity index (χ0v) is 10.1. The summed E-state index contributed by atoms with van der Waals surface area (Å²) in [6.45, 7) is 7.84. The molecule has 4 heteroatoms. The Morgan fingerprint density at radius 3 is 2.33 bits per heavy atom. The van der Waals surface area contributed by atoms with E-state index in [1.54, 1.807) is 23.1 Å². The molecule has 3 nitrogen and oxygen atoms in total. The second-order valence-corrected chi connectivity index (χ2v) is 3.79. The van der Waals surface area contributed by atoms with E-state index in [-0.39, 0.29) is 5.56 Å². The van der Waals surface area contributed by atoms with Crippen molar-refractivity contribution in [1.29, 1.82) is 0 Å². The third-order valence-electron chi connectivity index (χ3n) is 2.53. The number of rotatable bonds is 7. The Hall–Kier alpha value is -1.94. The van der Waals surface area contributed by atoms with E-state index < -0.39 is 17.8 Å². The molecule has 1 rings (SSSR count). The van der Waals surface area contributed by atoms with Crippen molar-refractivity contribution < 1.29 is 14.3 Å². The van der Waals surface area contributed by atoms with Crippen molar-refractivity contribution in [2.24, 2.45) is 0 Å². The molecule has 0 spiro atoms. The van der Waals surface area contributed by atoms with Crippen molar-refractivity contribution in [1.82, 2.24) is 4.90 Å². The fourth-order valence-electron chi connectivity index (χ4n) is 1.80. The molecule has 0 aromatic heterocycles. The van der Waals surface area contributed by atoms with E-state index in [1.165, 1.54) is 18.2 Å². The molecule has 0 saturated carbocycles. The van der Waals surface area contributed by atoms with Gasteiger partial charge in [0.25, 0.3) is 0 Å². The topological polar surface area (TPSA) is 40.5 Å². The van der Waals surface area contributed by atoms with Gasteiger partial charge in [0.05, 0.1) is 0 Å². The van der Waals surface area contributed by atoms with E-state index in [9.17, 15) is 14.3 Å². The first-order valence-corrected chi connectivity index (χ1v) is 5.55. The van der Waals surface area contributed by atoms with Crippen LogP contribution in [0, 0.1) is 5.82 Å². The van der Waals surface area contributed by atoms with Gasteiger partial charge in [-0.3, -0.25) is 9.69 Å². The molecule has 1 aromatic carbocycles. The molecule has 18 heavy (non-hydrogen) atoms. The van der Waals surface area contributed by atoms with Gasteiger partial charge in [-0.2, -0.15) is 0 Å². The van der Waals surface area contributed by atoms with Crippen molar-refractivity contribution in [2.45, 2.75) is 6.04 Å². The second kappa shape index (κ2) is 6.71. The molecule has 0 bridgehead atoms. The first-order valence-electron chi connectivity index (χ1n) is 5.55. The number of benzene rings is 1. The summed E-state index contributed by atoms with van der Waals surface area (Å²) in [5, 5.41) is 9.30. The SMILES string of the molecule is C=CCN(CC=C)C(C(=O)O)c1ccccc1F. The molecule has 0 amide bonds. The normalized spacial score (nSPS) is 12.1. The van der Waals surface area contributed by atoms with Crippen LogP contribution in [0.5, 0.6) is 0 Å². The summed E-state index contributed by atoms with van der Waals surface area (Å²) in [6.07, 6.45) is 3.17. The number of hydrogen-bond acceptors (Lipinski definition) is 2. The minimum Gasteiger partial charge on any atom is -0.480 e. The first kappa shape index (κ1) is 14.1. The largest absolute Gasteiger partial charge is 0.480 e. The summed E-state index contributed by atoms with van der Waals surface area (Å²) in [7, 11) is 0. The van der Waals surface area contributed by atoms with Crippen molar-refractivity contribution in [3.05, 3.63) is 61.0 Å². The predicted molar refractivity (Wildman–Crippen MR) is 68.7 cm³/mol. The molecule has 0 aliphatic rings. The highest BCUT2D eigenvalue weighted by Gasteiger charge is 2.28. The summed E-state index contributed by atoms with van der Waals surface area (Å²) in [5.74, 6) is -1.62. The Morgan fingerprint density at radius 1 is 1.33 bits per heavy atom. The lowest BCUT2D eigenvalue weighted by atomic mass is 10.0. The molecule has 96 valence electrons. The zero-order chi connectivity index (χ0) is 13.5. The van der Waals surface area contributed by atoms with Crippen LogP contribution < -0.4 is 0 Å². The minimum absolute atomic E-state index is 0.147. The molecule has 0 aliphatic carbocycles. The molecule has 0 fully saturated rings. The molecule has 1 atom stereocenters. The van der Waals surface area contributed by atoms with Crippen LogP contribution in [0.25, 0.3) is 0 Å². The van der Waals surface area contributed by atoms with Crippen molar-refractivity contribution in [3.63, 3.8) is 0 Å². The number of carbonyl (C=O) groups is 1. The standard InChI is InChI=1S/C14H16FNO2/c1-3-9-16(10-4-2)13(14(17)18)11-7-5-6-8-12(11)15/h3-8,13H,1-2,9-10H2,(H,17,18). The molecule has 1 aromatic rings. The summed E-state index contributed by atoms with van der Waals surface area (Å²) in [6, 6.07) is 4.85. The predicted octanol–water partition coefficient (Wildman–Crippen LogP) is 2.63.